The Bertz CT molecular complexity index is 110. The Balaban J connectivity index is 2.85. The molecule has 0 aliphatic carbocycles. The van der Waals surface area contributed by atoms with Gasteiger partial charge in [0.25, 0.3) is 0 Å². The summed E-state index contributed by atoms with van der Waals surface area (Å²) in [5.41, 5.74) is 10.7. The molecule has 4 nitrogen and oxygen atoms in total. The molecule has 0 aromatic heterocycles. The second kappa shape index (κ2) is 10.9. The molecule has 0 aliphatic rings. The Hall–Kier alpha value is -0.160. The molecule has 0 heterocycles. The van der Waals surface area contributed by atoms with Gasteiger partial charge in [-0.25, -0.2) is 0 Å². The first kappa shape index (κ1) is 13.8. The van der Waals surface area contributed by atoms with Crippen molar-refractivity contribution in [1.82, 2.24) is 0 Å². The predicted octanol–water partition coefficient (Wildman–Crippen LogP) is 0.843. The van der Waals surface area contributed by atoms with Crippen molar-refractivity contribution in [2.75, 3.05) is 26.4 Å². The molecule has 4 heteroatoms. The van der Waals surface area contributed by atoms with Crippen LogP contribution < -0.4 is 11.5 Å². The van der Waals surface area contributed by atoms with Crippen LogP contribution in [0.5, 0.6) is 0 Å². The van der Waals surface area contributed by atoms with Gasteiger partial charge >= 0.3 is 0 Å². The number of unbranched alkanes of at least 4 members (excludes halogenated alkanes) is 2. The number of hydrogen-bond donors (Lipinski definition) is 2. The molecule has 0 aromatic carbocycles. The first-order valence-corrected chi connectivity index (χ1v) is 5.44. The van der Waals surface area contributed by atoms with Crippen LogP contribution in [0.15, 0.2) is 0 Å². The van der Waals surface area contributed by atoms with Crippen LogP contribution in [0.25, 0.3) is 0 Å². The lowest BCUT2D eigenvalue weighted by molar-refractivity contribution is 0.0441. The highest BCUT2D eigenvalue weighted by Gasteiger charge is 1.94. The Morgan fingerprint density at radius 2 is 1.57 bits per heavy atom. The van der Waals surface area contributed by atoms with Gasteiger partial charge in [0, 0.05) is 13.2 Å². The predicted molar refractivity (Wildman–Crippen MR) is 57.9 cm³/mol. The van der Waals surface area contributed by atoms with Crippen LogP contribution in [0.2, 0.25) is 0 Å². The monoisotopic (exact) mass is 204 g/mol. The molecule has 0 unspecified atom stereocenters. The van der Waals surface area contributed by atoms with Gasteiger partial charge < -0.3 is 20.9 Å². The average Bonchev–Trinajstić information content (AvgIpc) is 2.15. The molecular weight excluding hydrogens is 180 g/mol. The lowest BCUT2D eigenvalue weighted by Gasteiger charge is -2.07. The van der Waals surface area contributed by atoms with E-state index in [2.05, 4.69) is 6.92 Å². The van der Waals surface area contributed by atoms with E-state index in [-0.39, 0.29) is 6.17 Å². The van der Waals surface area contributed by atoms with Gasteiger partial charge in [-0.2, -0.15) is 0 Å². The lowest BCUT2D eigenvalue weighted by atomic mass is 10.3. The second-order valence-corrected chi connectivity index (χ2v) is 3.38. The molecule has 14 heavy (non-hydrogen) atoms. The fourth-order valence-corrected chi connectivity index (χ4v) is 0.996. The van der Waals surface area contributed by atoms with Gasteiger partial charge in [0.2, 0.25) is 0 Å². The maximum Gasteiger partial charge on any atom is 0.0700 e. The highest BCUT2D eigenvalue weighted by Crippen LogP contribution is 1.93. The molecule has 0 spiro atoms. The van der Waals surface area contributed by atoms with Crippen LogP contribution in [0.1, 0.15) is 32.6 Å². The molecule has 4 N–H and O–H groups in total. The summed E-state index contributed by atoms with van der Waals surface area (Å²) < 4.78 is 10.6. The lowest BCUT2D eigenvalue weighted by Crippen LogP contribution is -2.31. The van der Waals surface area contributed by atoms with Gasteiger partial charge in [-0.1, -0.05) is 19.8 Å². The SMILES string of the molecule is CCCCCOCCOCCC(N)N. The van der Waals surface area contributed by atoms with E-state index in [0.717, 1.165) is 13.0 Å². The minimum absolute atomic E-state index is 0.263. The van der Waals surface area contributed by atoms with Crippen molar-refractivity contribution in [3.8, 4) is 0 Å². The third kappa shape index (κ3) is 11.8. The summed E-state index contributed by atoms with van der Waals surface area (Å²) in [5.74, 6) is 0. The third-order valence-electron chi connectivity index (χ3n) is 1.86. The summed E-state index contributed by atoms with van der Waals surface area (Å²) in [7, 11) is 0. The Kier molecular flexibility index (Phi) is 10.8. The van der Waals surface area contributed by atoms with Gasteiger partial charge in [0.15, 0.2) is 0 Å². The standard InChI is InChI=1S/C10H24N2O2/c1-2-3-4-6-13-8-9-14-7-5-10(11)12/h10H,2-9,11-12H2,1H3. The summed E-state index contributed by atoms with van der Waals surface area (Å²) in [5, 5.41) is 0. The zero-order valence-corrected chi connectivity index (χ0v) is 9.21. The molecule has 0 saturated heterocycles. The third-order valence-corrected chi connectivity index (χ3v) is 1.86. The average molecular weight is 204 g/mol. The van der Waals surface area contributed by atoms with E-state index in [9.17, 15) is 0 Å². The van der Waals surface area contributed by atoms with Gasteiger partial charge in [-0.3, -0.25) is 0 Å². The van der Waals surface area contributed by atoms with E-state index in [0.29, 0.717) is 26.2 Å². The van der Waals surface area contributed by atoms with E-state index in [1.165, 1.54) is 12.8 Å². The molecule has 0 aliphatic heterocycles. The van der Waals surface area contributed by atoms with Gasteiger partial charge in [-0.15, -0.1) is 0 Å². The Morgan fingerprint density at radius 1 is 0.929 bits per heavy atom. The summed E-state index contributed by atoms with van der Waals surface area (Å²) in [6.07, 6.45) is 4.05. The van der Waals surface area contributed by atoms with Crippen molar-refractivity contribution in [3.63, 3.8) is 0 Å². The fraction of sp³-hybridized carbons (Fsp3) is 1.00. The minimum atomic E-state index is -0.263. The topological polar surface area (TPSA) is 70.5 Å². The van der Waals surface area contributed by atoms with E-state index in [4.69, 9.17) is 20.9 Å². The maximum absolute atomic E-state index is 5.36. The smallest absolute Gasteiger partial charge is 0.0700 e. The Labute approximate surface area is 86.9 Å². The first-order valence-electron chi connectivity index (χ1n) is 5.44. The quantitative estimate of drug-likeness (QED) is 0.409. The van der Waals surface area contributed by atoms with Crippen molar-refractivity contribution in [2.45, 2.75) is 38.8 Å². The maximum atomic E-state index is 5.36. The fourth-order valence-electron chi connectivity index (χ4n) is 0.996. The summed E-state index contributed by atoms with van der Waals surface area (Å²) >= 11 is 0. The molecule has 0 bridgehead atoms. The molecule has 0 fully saturated rings. The molecule has 0 rings (SSSR count). The minimum Gasteiger partial charge on any atom is -0.379 e. The highest BCUT2D eigenvalue weighted by atomic mass is 16.5. The second-order valence-electron chi connectivity index (χ2n) is 3.38. The van der Waals surface area contributed by atoms with Crippen LogP contribution >= 0.6 is 0 Å². The zero-order chi connectivity index (χ0) is 10.6. The Morgan fingerprint density at radius 3 is 2.14 bits per heavy atom. The van der Waals surface area contributed by atoms with Crippen LogP contribution in [0, 0.1) is 0 Å². The van der Waals surface area contributed by atoms with Gasteiger partial charge in [-0.05, 0) is 12.8 Å². The van der Waals surface area contributed by atoms with Crippen molar-refractivity contribution in [1.29, 1.82) is 0 Å². The van der Waals surface area contributed by atoms with Crippen LogP contribution in [-0.4, -0.2) is 32.6 Å². The van der Waals surface area contributed by atoms with E-state index < -0.39 is 0 Å². The first-order chi connectivity index (χ1) is 6.77. The van der Waals surface area contributed by atoms with Crippen molar-refractivity contribution >= 4 is 0 Å². The summed E-state index contributed by atoms with van der Waals surface area (Å²) in [6, 6.07) is 0. The molecule has 0 saturated carbocycles. The van der Waals surface area contributed by atoms with Crippen LogP contribution in [-0.2, 0) is 9.47 Å². The highest BCUT2D eigenvalue weighted by molar-refractivity contribution is 4.48. The molecule has 86 valence electrons. The number of ether oxygens (including phenoxy) is 2. The molecular formula is C10H24N2O2. The van der Waals surface area contributed by atoms with Crippen molar-refractivity contribution < 1.29 is 9.47 Å². The molecule has 0 radical (unpaired) electrons. The summed E-state index contributed by atoms with van der Waals surface area (Å²) in [4.78, 5) is 0. The van der Waals surface area contributed by atoms with E-state index in [1.54, 1.807) is 0 Å². The molecule has 0 aromatic rings. The van der Waals surface area contributed by atoms with Gasteiger partial charge in [0.1, 0.15) is 0 Å². The van der Waals surface area contributed by atoms with Crippen LogP contribution in [0.4, 0.5) is 0 Å². The normalized spacial score (nSPS) is 11.1. The largest absolute Gasteiger partial charge is 0.379 e. The van der Waals surface area contributed by atoms with Crippen molar-refractivity contribution in [3.05, 3.63) is 0 Å². The van der Waals surface area contributed by atoms with Crippen LogP contribution in [0.3, 0.4) is 0 Å². The van der Waals surface area contributed by atoms with Crippen molar-refractivity contribution in [2.24, 2.45) is 11.5 Å². The number of nitrogens with two attached hydrogens (primary N) is 2. The van der Waals surface area contributed by atoms with E-state index in [1.807, 2.05) is 0 Å². The van der Waals surface area contributed by atoms with E-state index >= 15 is 0 Å². The number of hydrogen-bond acceptors (Lipinski definition) is 4. The molecule has 0 atom stereocenters. The zero-order valence-electron chi connectivity index (χ0n) is 9.21. The molecule has 0 amide bonds. The summed E-state index contributed by atoms with van der Waals surface area (Å²) in [6.45, 7) is 4.95. The number of rotatable bonds is 10. The van der Waals surface area contributed by atoms with Gasteiger partial charge in [0.05, 0.1) is 19.4 Å².